The predicted octanol–water partition coefficient (Wildman–Crippen LogP) is 3.82. The Hall–Kier alpha value is -1.82. The first-order valence-electron chi connectivity index (χ1n) is 5.16. The van der Waals surface area contributed by atoms with E-state index >= 15 is 0 Å². The number of methoxy groups -OCH3 is 1. The quantitative estimate of drug-likeness (QED) is 0.788. The van der Waals surface area contributed by atoms with Gasteiger partial charge in [-0.15, -0.1) is 0 Å². The van der Waals surface area contributed by atoms with Gasteiger partial charge in [0.15, 0.2) is 5.82 Å². The molecular formula is C12H8ClF3N2O. The van der Waals surface area contributed by atoms with Crippen LogP contribution < -0.4 is 4.74 Å². The fourth-order valence-corrected chi connectivity index (χ4v) is 1.62. The minimum absolute atomic E-state index is 0.0810. The van der Waals surface area contributed by atoms with Crippen LogP contribution in [0.15, 0.2) is 30.3 Å². The summed E-state index contributed by atoms with van der Waals surface area (Å²) in [5, 5.41) is -0.256. The molecule has 0 spiro atoms. The summed E-state index contributed by atoms with van der Waals surface area (Å²) >= 11 is 5.59. The summed E-state index contributed by atoms with van der Waals surface area (Å²) in [7, 11) is 1.49. The van der Waals surface area contributed by atoms with Gasteiger partial charge in [-0.25, -0.2) is 9.97 Å². The highest BCUT2D eigenvalue weighted by molar-refractivity contribution is 6.29. The zero-order valence-electron chi connectivity index (χ0n) is 9.70. The Labute approximate surface area is 112 Å². The molecule has 1 aromatic heterocycles. The van der Waals surface area contributed by atoms with E-state index in [0.717, 1.165) is 0 Å². The van der Waals surface area contributed by atoms with Gasteiger partial charge in [0.1, 0.15) is 16.6 Å². The lowest BCUT2D eigenvalue weighted by Gasteiger charge is -2.08. The Morgan fingerprint density at radius 3 is 2.26 bits per heavy atom. The highest BCUT2D eigenvalue weighted by Crippen LogP contribution is 2.30. The lowest BCUT2D eigenvalue weighted by atomic mass is 10.2. The average Bonchev–Trinajstić information content (AvgIpc) is 2.37. The van der Waals surface area contributed by atoms with Gasteiger partial charge in [0.2, 0.25) is 0 Å². The summed E-state index contributed by atoms with van der Waals surface area (Å²) in [5.74, 6) is 0.504. The molecule has 0 bridgehead atoms. The van der Waals surface area contributed by atoms with Crippen LogP contribution in [-0.2, 0) is 6.18 Å². The number of nitrogens with zero attached hydrogens (tertiary/aromatic N) is 2. The summed E-state index contributed by atoms with van der Waals surface area (Å²) < 4.78 is 42.8. The largest absolute Gasteiger partial charge is 0.497 e. The van der Waals surface area contributed by atoms with Crippen LogP contribution in [0.5, 0.6) is 5.75 Å². The van der Waals surface area contributed by atoms with Crippen molar-refractivity contribution in [3.63, 3.8) is 0 Å². The summed E-state index contributed by atoms with van der Waals surface area (Å²) in [6, 6.07) is 7.02. The van der Waals surface area contributed by atoms with Crippen molar-refractivity contribution in [2.45, 2.75) is 6.18 Å². The van der Waals surface area contributed by atoms with E-state index in [1.807, 2.05) is 0 Å². The zero-order chi connectivity index (χ0) is 14.0. The molecule has 0 saturated carbocycles. The molecule has 7 heteroatoms. The van der Waals surface area contributed by atoms with Crippen molar-refractivity contribution in [1.29, 1.82) is 0 Å². The first-order valence-corrected chi connectivity index (χ1v) is 5.54. The first-order chi connectivity index (χ1) is 8.90. The lowest BCUT2D eigenvalue weighted by molar-refractivity contribution is -0.141. The fourth-order valence-electron chi connectivity index (χ4n) is 1.43. The first kappa shape index (κ1) is 13.6. The third-order valence-corrected chi connectivity index (χ3v) is 2.53. The second-order valence-electron chi connectivity index (χ2n) is 3.63. The van der Waals surface area contributed by atoms with Crippen molar-refractivity contribution in [1.82, 2.24) is 9.97 Å². The minimum atomic E-state index is -4.56. The fraction of sp³-hybridized carbons (Fsp3) is 0.167. The lowest BCUT2D eigenvalue weighted by Crippen LogP contribution is -2.09. The molecule has 3 nitrogen and oxygen atoms in total. The summed E-state index contributed by atoms with van der Waals surface area (Å²) in [6.45, 7) is 0. The van der Waals surface area contributed by atoms with E-state index in [4.69, 9.17) is 16.3 Å². The molecule has 1 aromatic carbocycles. The molecule has 0 atom stereocenters. The Balaban J connectivity index is 2.46. The van der Waals surface area contributed by atoms with Crippen LogP contribution in [0.2, 0.25) is 5.15 Å². The normalized spacial score (nSPS) is 11.4. The number of aromatic nitrogens is 2. The van der Waals surface area contributed by atoms with Gasteiger partial charge in [-0.2, -0.15) is 13.2 Å². The number of hydrogen-bond donors (Lipinski definition) is 0. The van der Waals surface area contributed by atoms with Crippen molar-refractivity contribution < 1.29 is 17.9 Å². The van der Waals surface area contributed by atoms with Crippen molar-refractivity contribution in [2.24, 2.45) is 0 Å². The van der Waals surface area contributed by atoms with Gasteiger partial charge < -0.3 is 4.74 Å². The molecule has 0 aliphatic carbocycles. The number of rotatable bonds is 2. The van der Waals surface area contributed by atoms with Gasteiger partial charge in [0.05, 0.1) is 7.11 Å². The number of ether oxygens (including phenoxy) is 1. The molecule has 0 amide bonds. The Bertz CT molecular complexity index is 585. The van der Waals surface area contributed by atoms with E-state index in [-0.39, 0.29) is 11.0 Å². The van der Waals surface area contributed by atoms with Gasteiger partial charge in [-0.3, -0.25) is 0 Å². The van der Waals surface area contributed by atoms with Gasteiger partial charge in [0.25, 0.3) is 0 Å². The number of halogens is 4. The highest BCUT2D eigenvalue weighted by Gasteiger charge is 2.33. The van der Waals surface area contributed by atoms with Crippen LogP contribution in [0.4, 0.5) is 13.2 Å². The Morgan fingerprint density at radius 1 is 1.11 bits per heavy atom. The smallest absolute Gasteiger partial charge is 0.433 e. The molecule has 0 aliphatic heterocycles. The van der Waals surface area contributed by atoms with E-state index in [1.165, 1.54) is 7.11 Å². The van der Waals surface area contributed by atoms with E-state index in [1.54, 1.807) is 24.3 Å². The zero-order valence-corrected chi connectivity index (χ0v) is 10.5. The maximum atomic E-state index is 12.6. The van der Waals surface area contributed by atoms with Crippen LogP contribution in [0.1, 0.15) is 5.69 Å². The van der Waals surface area contributed by atoms with Crippen molar-refractivity contribution in [2.75, 3.05) is 7.11 Å². The number of alkyl halides is 3. The minimum Gasteiger partial charge on any atom is -0.497 e. The molecule has 0 saturated heterocycles. The van der Waals surface area contributed by atoms with Gasteiger partial charge >= 0.3 is 6.18 Å². The third kappa shape index (κ3) is 3.14. The second-order valence-corrected chi connectivity index (χ2v) is 4.01. The monoisotopic (exact) mass is 288 g/mol. The number of hydrogen-bond acceptors (Lipinski definition) is 3. The molecule has 100 valence electrons. The average molecular weight is 289 g/mol. The van der Waals surface area contributed by atoms with Crippen molar-refractivity contribution in [3.8, 4) is 17.1 Å². The molecule has 19 heavy (non-hydrogen) atoms. The summed E-state index contributed by atoms with van der Waals surface area (Å²) in [5.41, 5.74) is -0.646. The van der Waals surface area contributed by atoms with Crippen LogP contribution >= 0.6 is 11.6 Å². The second kappa shape index (κ2) is 5.05. The molecule has 0 fully saturated rings. The predicted molar refractivity (Wildman–Crippen MR) is 64.0 cm³/mol. The standard InChI is InChI=1S/C12H8ClF3N2O/c1-19-8-4-2-7(3-5-8)11-17-9(12(14,15)16)6-10(13)18-11/h2-6H,1H3. The summed E-state index contributed by atoms with van der Waals surface area (Å²) in [6.07, 6.45) is -4.56. The topological polar surface area (TPSA) is 35.0 Å². The molecule has 0 N–H and O–H groups in total. The van der Waals surface area contributed by atoms with Crippen molar-refractivity contribution >= 4 is 11.6 Å². The van der Waals surface area contributed by atoms with E-state index in [2.05, 4.69) is 9.97 Å². The molecular weight excluding hydrogens is 281 g/mol. The Morgan fingerprint density at radius 2 is 1.74 bits per heavy atom. The third-order valence-electron chi connectivity index (χ3n) is 2.33. The maximum absolute atomic E-state index is 12.6. The van der Waals surface area contributed by atoms with E-state index in [0.29, 0.717) is 17.4 Å². The molecule has 0 unspecified atom stereocenters. The van der Waals surface area contributed by atoms with Gasteiger partial charge in [0, 0.05) is 11.6 Å². The van der Waals surface area contributed by atoms with Crippen LogP contribution in [0.25, 0.3) is 11.4 Å². The number of benzene rings is 1. The molecule has 0 aliphatic rings. The van der Waals surface area contributed by atoms with E-state index in [9.17, 15) is 13.2 Å². The Kier molecular flexibility index (Phi) is 3.61. The van der Waals surface area contributed by atoms with Crippen LogP contribution in [0, 0.1) is 0 Å². The van der Waals surface area contributed by atoms with Gasteiger partial charge in [-0.1, -0.05) is 11.6 Å². The maximum Gasteiger partial charge on any atom is 0.433 e. The molecule has 2 rings (SSSR count). The van der Waals surface area contributed by atoms with Crippen LogP contribution in [0.3, 0.4) is 0 Å². The van der Waals surface area contributed by atoms with Crippen molar-refractivity contribution in [3.05, 3.63) is 41.2 Å². The summed E-state index contributed by atoms with van der Waals surface area (Å²) in [4.78, 5) is 7.26. The molecule has 0 radical (unpaired) electrons. The molecule has 1 heterocycles. The van der Waals surface area contributed by atoms with Gasteiger partial charge in [-0.05, 0) is 24.3 Å². The highest BCUT2D eigenvalue weighted by atomic mass is 35.5. The van der Waals surface area contributed by atoms with Crippen LogP contribution in [-0.4, -0.2) is 17.1 Å². The molecule has 2 aromatic rings. The van der Waals surface area contributed by atoms with E-state index < -0.39 is 11.9 Å². The SMILES string of the molecule is COc1ccc(-c2nc(Cl)cc(C(F)(F)F)n2)cc1.